The van der Waals surface area contributed by atoms with Crippen molar-refractivity contribution in [2.45, 2.75) is 6.54 Å². The fraction of sp³-hybridized carbons (Fsp3) is 0.0769. The lowest BCUT2D eigenvalue weighted by atomic mass is 10.2. The van der Waals surface area contributed by atoms with Crippen LogP contribution in [0.15, 0.2) is 40.9 Å². The summed E-state index contributed by atoms with van der Waals surface area (Å²) in [4.78, 5) is 0. The van der Waals surface area contributed by atoms with Gasteiger partial charge in [-0.3, -0.25) is 0 Å². The quantitative estimate of drug-likeness (QED) is 0.771. The number of benzene rings is 2. The summed E-state index contributed by atoms with van der Waals surface area (Å²) in [6.45, 7) is 0.493. The van der Waals surface area contributed by atoms with Crippen LogP contribution in [0, 0.1) is 5.82 Å². The van der Waals surface area contributed by atoms with Crippen molar-refractivity contribution in [2.75, 3.05) is 5.32 Å². The molecule has 2 rings (SSSR count). The van der Waals surface area contributed by atoms with Crippen molar-refractivity contribution >= 4 is 44.8 Å². The van der Waals surface area contributed by atoms with Crippen molar-refractivity contribution < 1.29 is 4.39 Å². The number of halogens is 4. The van der Waals surface area contributed by atoms with Crippen LogP contribution in [-0.4, -0.2) is 0 Å². The number of nitrogens with one attached hydrogen (secondary N) is 1. The van der Waals surface area contributed by atoms with Crippen molar-refractivity contribution in [3.05, 3.63) is 62.3 Å². The zero-order chi connectivity index (χ0) is 13.1. The minimum atomic E-state index is -0.273. The molecule has 5 heteroatoms. The van der Waals surface area contributed by atoms with Gasteiger partial charge < -0.3 is 5.32 Å². The Labute approximate surface area is 123 Å². The maximum atomic E-state index is 13.2. The van der Waals surface area contributed by atoms with E-state index in [9.17, 15) is 4.39 Å². The maximum Gasteiger partial charge on any atom is 0.124 e. The van der Waals surface area contributed by atoms with Crippen molar-refractivity contribution in [2.24, 2.45) is 0 Å². The van der Waals surface area contributed by atoms with Gasteiger partial charge in [0.25, 0.3) is 0 Å². The predicted molar refractivity (Wildman–Crippen MR) is 77.9 cm³/mol. The Morgan fingerprint density at radius 2 is 1.67 bits per heavy atom. The van der Waals surface area contributed by atoms with Gasteiger partial charge in [-0.1, -0.05) is 39.1 Å². The van der Waals surface area contributed by atoms with Crippen LogP contribution < -0.4 is 5.32 Å². The van der Waals surface area contributed by atoms with E-state index in [0.717, 1.165) is 11.3 Å². The van der Waals surface area contributed by atoms with Crippen LogP contribution in [-0.2, 0) is 6.54 Å². The smallest absolute Gasteiger partial charge is 0.124 e. The van der Waals surface area contributed by atoms with Crippen LogP contribution in [0.3, 0.4) is 0 Å². The number of hydrogen-bond acceptors (Lipinski definition) is 1. The van der Waals surface area contributed by atoms with E-state index >= 15 is 0 Å². The monoisotopic (exact) mass is 347 g/mol. The first kappa shape index (κ1) is 13.7. The minimum absolute atomic E-state index is 0.273. The Balaban J connectivity index is 2.11. The van der Waals surface area contributed by atoms with Gasteiger partial charge in [-0.25, -0.2) is 4.39 Å². The average Bonchev–Trinajstić information content (AvgIpc) is 2.23. The first-order valence-electron chi connectivity index (χ1n) is 5.18. The highest BCUT2D eigenvalue weighted by Gasteiger charge is 2.01. The first-order valence-corrected chi connectivity index (χ1v) is 6.73. The Hall–Kier alpha value is -0.770. The van der Waals surface area contributed by atoms with Crippen molar-refractivity contribution in [1.29, 1.82) is 0 Å². The van der Waals surface area contributed by atoms with E-state index in [1.165, 1.54) is 12.1 Å². The summed E-state index contributed by atoms with van der Waals surface area (Å²) < 4.78 is 13.9. The molecule has 0 unspecified atom stereocenters. The molecule has 0 aliphatic heterocycles. The Morgan fingerprint density at radius 3 is 2.28 bits per heavy atom. The second kappa shape index (κ2) is 5.91. The second-order valence-electron chi connectivity index (χ2n) is 3.79. The van der Waals surface area contributed by atoms with Gasteiger partial charge >= 0.3 is 0 Å². The summed E-state index contributed by atoms with van der Waals surface area (Å²) >= 11 is 15.0. The average molecular weight is 349 g/mol. The SMILES string of the molecule is Fc1cc(Br)cc(CNc2cc(Cl)cc(Cl)c2)c1. The van der Waals surface area contributed by atoms with Gasteiger partial charge in [0.15, 0.2) is 0 Å². The summed E-state index contributed by atoms with van der Waals surface area (Å²) in [6, 6.07) is 9.93. The lowest BCUT2D eigenvalue weighted by Crippen LogP contribution is -2.00. The van der Waals surface area contributed by atoms with Gasteiger partial charge in [0, 0.05) is 26.8 Å². The molecular weight excluding hydrogens is 340 g/mol. The summed E-state index contributed by atoms with van der Waals surface area (Å²) in [7, 11) is 0. The molecule has 18 heavy (non-hydrogen) atoms. The lowest BCUT2D eigenvalue weighted by molar-refractivity contribution is 0.625. The molecule has 0 spiro atoms. The van der Waals surface area contributed by atoms with Gasteiger partial charge in [0.05, 0.1) is 0 Å². The van der Waals surface area contributed by atoms with Crippen molar-refractivity contribution in [3.63, 3.8) is 0 Å². The number of rotatable bonds is 3. The molecule has 0 saturated carbocycles. The third kappa shape index (κ3) is 3.87. The summed E-state index contributed by atoms with van der Waals surface area (Å²) in [5.41, 5.74) is 1.63. The van der Waals surface area contributed by atoms with E-state index in [1.54, 1.807) is 18.2 Å². The van der Waals surface area contributed by atoms with E-state index < -0.39 is 0 Å². The number of hydrogen-bond donors (Lipinski definition) is 1. The standard InChI is InChI=1S/C13H9BrCl2FN/c14-9-1-8(2-12(17)3-9)7-18-13-5-10(15)4-11(16)6-13/h1-6,18H,7H2. The molecule has 0 aromatic heterocycles. The van der Waals surface area contributed by atoms with Crippen LogP contribution in [0.25, 0.3) is 0 Å². The number of anilines is 1. The highest BCUT2D eigenvalue weighted by atomic mass is 79.9. The molecule has 2 aromatic carbocycles. The van der Waals surface area contributed by atoms with E-state index in [1.807, 2.05) is 6.07 Å². The molecule has 0 aliphatic rings. The molecule has 0 fully saturated rings. The van der Waals surface area contributed by atoms with Crippen LogP contribution in [0.2, 0.25) is 10.0 Å². The van der Waals surface area contributed by atoms with Gasteiger partial charge in [-0.05, 0) is 42.0 Å². The van der Waals surface area contributed by atoms with Gasteiger partial charge in [0.2, 0.25) is 0 Å². The topological polar surface area (TPSA) is 12.0 Å². The molecule has 0 saturated heterocycles. The largest absolute Gasteiger partial charge is 0.381 e. The van der Waals surface area contributed by atoms with Crippen LogP contribution in [0.5, 0.6) is 0 Å². The Morgan fingerprint density at radius 1 is 1.00 bits per heavy atom. The van der Waals surface area contributed by atoms with E-state index in [-0.39, 0.29) is 5.82 Å². The highest BCUT2D eigenvalue weighted by Crippen LogP contribution is 2.23. The van der Waals surface area contributed by atoms with Crippen molar-refractivity contribution in [1.82, 2.24) is 0 Å². The molecule has 2 aromatic rings. The fourth-order valence-electron chi connectivity index (χ4n) is 1.57. The summed E-state index contributed by atoms with van der Waals surface area (Å²) in [5.74, 6) is -0.273. The third-order valence-corrected chi connectivity index (χ3v) is 3.18. The van der Waals surface area contributed by atoms with Crippen LogP contribution in [0.1, 0.15) is 5.56 Å². The molecular formula is C13H9BrCl2FN. The minimum Gasteiger partial charge on any atom is -0.381 e. The first-order chi connectivity index (χ1) is 8.52. The highest BCUT2D eigenvalue weighted by molar-refractivity contribution is 9.10. The van der Waals surface area contributed by atoms with E-state index in [4.69, 9.17) is 23.2 Å². The molecule has 0 heterocycles. The van der Waals surface area contributed by atoms with Gasteiger partial charge in [-0.15, -0.1) is 0 Å². The predicted octanol–water partition coefficient (Wildman–Crippen LogP) is 5.51. The van der Waals surface area contributed by atoms with Gasteiger partial charge in [-0.2, -0.15) is 0 Å². The lowest BCUT2D eigenvalue weighted by Gasteiger charge is -2.08. The molecule has 0 aliphatic carbocycles. The van der Waals surface area contributed by atoms with Crippen LogP contribution >= 0.6 is 39.1 Å². The molecule has 0 bridgehead atoms. The third-order valence-electron chi connectivity index (χ3n) is 2.28. The summed E-state index contributed by atoms with van der Waals surface area (Å²) in [5, 5.41) is 4.26. The van der Waals surface area contributed by atoms with Crippen molar-refractivity contribution in [3.8, 4) is 0 Å². The van der Waals surface area contributed by atoms with E-state index in [2.05, 4.69) is 21.2 Å². The molecule has 0 radical (unpaired) electrons. The zero-order valence-electron chi connectivity index (χ0n) is 9.18. The molecule has 94 valence electrons. The normalized spacial score (nSPS) is 10.4. The Kier molecular flexibility index (Phi) is 4.49. The second-order valence-corrected chi connectivity index (χ2v) is 5.58. The van der Waals surface area contributed by atoms with Gasteiger partial charge in [0.1, 0.15) is 5.82 Å². The molecule has 1 N–H and O–H groups in total. The zero-order valence-corrected chi connectivity index (χ0v) is 12.3. The molecule has 0 atom stereocenters. The van der Waals surface area contributed by atoms with Crippen LogP contribution in [0.4, 0.5) is 10.1 Å². The fourth-order valence-corrected chi connectivity index (χ4v) is 2.61. The Bertz CT molecular complexity index is 483. The summed E-state index contributed by atoms with van der Waals surface area (Å²) in [6.07, 6.45) is 0. The maximum absolute atomic E-state index is 13.2. The molecule has 0 amide bonds. The van der Waals surface area contributed by atoms with E-state index in [0.29, 0.717) is 21.1 Å². The molecule has 1 nitrogen and oxygen atoms in total.